The molecule has 2 rings (SSSR count). The number of carbonyl (C=O) groups is 1. The van der Waals surface area contributed by atoms with Crippen LogP contribution in [0.3, 0.4) is 0 Å². The first-order chi connectivity index (χ1) is 8.56. The van der Waals surface area contributed by atoms with Crippen molar-refractivity contribution in [3.05, 3.63) is 53.6 Å². The van der Waals surface area contributed by atoms with Crippen molar-refractivity contribution in [3.8, 4) is 11.5 Å². The van der Waals surface area contributed by atoms with Crippen LogP contribution in [0.5, 0.6) is 11.5 Å². The zero-order valence-electron chi connectivity index (χ0n) is 10.0. The predicted molar refractivity (Wildman–Crippen MR) is 70.6 cm³/mol. The van der Waals surface area contributed by atoms with E-state index in [9.17, 15) is 4.79 Å². The van der Waals surface area contributed by atoms with Gasteiger partial charge in [-0.2, -0.15) is 0 Å². The molecule has 1 amide bonds. The van der Waals surface area contributed by atoms with Crippen molar-refractivity contribution >= 4 is 11.6 Å². The maximum Gasteiger partial charge on any atom is 0.248 e. The van der Waals surface area contributed by atoms with Crippen molar-refractivity contribution in [2.45, 2.75) is 6.92 Å². The molecule has 0 bridgehead atoms. The minimum Gasteiger partial charge on any atom is -0.457 e. The summed E-state index contributed by atoms with van der Waals surface area (Å²) in [4.78, 5) is 11.1. The smallest absolute Gasteiger partial charge is 0.248 e. The first-order valence-electron chi connectivity index (χ1n) is 5.50. The van der Waals surface area contributed by atoms with Gasteiger partial charge in [0, 0.05) is 11.3 Å². The topological polar surface area (TPSA) is 78.3 Å². The molecule has 0 aliphatic heterocycles. The largest absolute Gasteiger partial charge is 0.457 e. The van der Waals surface area contributed by atoms with Crippen LogP contribution in [-0.2, 0) is 0 Å². The second kappa shape index (κ2) is 4.79. The molecule has 2 aromatic carbocycles. The van der Waals surface area contributed by atoms with Crippen LogP contribution in [-0.4, -0.2) is 5.91 Å². The maximum atomic E-state index is 11.1. The molecule has 0 aliphatic rings. The Bertz CT molecular complexity index is 594. The van der Waals surface area contributed by atoms with Crippen molar-refractivity contribution in [1.29, 1.82) is 0 Å². The van der Waals surface area contributed by atoms with E-state index in [0.29, 0.717) is 22.7 Å². The molecule has 0 atom stereocenters. The molecule has 0 unspecified atom stereocenters. The Morgan fingerprint density at radius 2 is 1.83 bits per heavy atom. The van der Waals surface area contributed by atoms with E-state index in [-0.39, 0.29) is 0 Å². The van der Waals surface area contributed by atoms with Crippen LogP contribution < -0.4 is 16.2 Å². The highest BCUT2D eigenvalue weighted by Crippen LogP contribution is 2.25. The minimum absolute atomic E-state index is 0.416. The zero-order valence-corrected chi connectivity index (χ0v) is 10.0. The summed E-state index contributed by atoms with van der Waals surface area (Å²) in [6.07, 6.45) is 0. The van der Waals surface area contributed by atoms with E-state index < -0.39 is 5.91 Å². The first kappa shape index (κ1) is 12.0. The van der Waals surface area contributed by atoms with Crippen molar-refractivity contribution in [2.24, 2.45) is 5.73 Å². The molecule has 0 saturated heterocycles. The average molecular weight is 242 g/mol. The fourth-order valence-electron chi connectivity index (χ4n) is 1.56. The molecule has 0 aromatic heterocycles. The van der Waals surface area contributed by atoms with Gasteiger partial charge in [0.05, 0.1) is 0 Å². The second-order valence-corrected chi connectivity index (χ2v) is 4.01. The number of aryl methyl sites for hydroxylation is 1. The third kappa shape index (κ3) is 2.60. The summed E-state index contributed by atoms with van der Waals surface area (Å²) in [5.41, 5.74) is 13.0. The molecule has 0 fully saturated rings. The highest BCUT2D eigenvalue weighted by molar-refractivity contribution is 5.93. The zero-order chi connectivity index (χ0) is 13.1. The summed E-state index contributed by atoms with van der Waals surface area (Å²) in [5, 5.41) is 0. The molecule has 0 heterocycles. The van der Waals surface area contributed by atoms with Crippen LogP contribution in [0.15, 0.2) is 42.5 Å². The lowest BCUT2D eigenvalue weighted by atomic mass is 10.2. The fourth-order valence-corrected chi connectivity index (χ4v) is 1.56. The summed E-state index contributed by atoms with van der Waals surface area (Å²) in [6.45, 7) is 1.90. The molecule has 0 saturated carbocycles. The van der Waals surface area contributed by atoms with Gasteiger partial charge in [0.15, 0.2) is 0 Å². The van der Waals surface area contributed by atoms with E-state index in [0.717, 1.165) is 5.56 Å². The quantitative estimate of drug-likeness (QED) is 0.811. The van der Waals surface area contributed by atoms with Gasteiger partial charge in [-0.25, -0.2) is 0 Å². The SMILES string of the molecule is Cc1cc(Oc2cccc(C(N)=O)c2)ccc1N. The monoisotopic (exact) mass is 242 g/mol. The Morgan fingerprint density at radius 3 is 2.50 bits per heavy atom. The number of benzene rings is 2. The van der Waals surface area contributed by atoms with E-state index in [1.165, 1.54) is 0 Å². The number of carbonyl (C=O) groups excluding carboxylic acids is 1. The molecule has 4 N–H and O–H groups in total. The number of primary amides is 1. The van der Waals surface area contributed by atoms with Crippen molar-refractivity contribution in [2.75, 3.05) is 5.73 Å². The summed E-state index contributed by atoms with van der Waals surface area (Å²) in [7, 11) is 0. The molecule has 0 spiro atoms. The predicted octanol–water partition coefficient (Wildman–Crippen LogP) is 2.47. The second-order valence-electron chi connectivity index (χ2n) is 4.01. The van der Waals surface area contributed by atoms with Gasteiger partial charge in [-0.15, -0.1) is 0 Å². The fraction of sp³-hybridized carbons (Fsp3) is 0.0714. The van der Waals surface area contributed by atoms with Gasteiger partial charge in [0.2, 0.25) is 5.91 Å². The molecule has 0 radical (unpaired) electrons. The van der Waals surface area contributed by atoms with Crippen molar-refractivity contribution < 1.29 is 9.53 Å². The number of amides is 1. The van der Waals surface area contributed by atoms with Gasteiger partial charge in [-0.3, -0.25) is 4.79 Å². The van der Waals surface area contributed by atoms with E-state index in [2.05, 4.69) is 0 Å². The lowest BCUT2D eigenvalue weighted by Gasteiger charge is -2.08. The van der Waals surface area contributed by atoms with Gasteiger partial charge < -0.3 is 16.2 Å². The Morgan fingerprint density at radius 1 is 1.11 bits per heavy atom. The average Bonchev–Trinajstić information content (AvgIpc) is 2.34. The Labute approximate surface area is 105 Å². The highest BCUT2D eigenvalue weighted by Gasteiger charge is 2.04. The standard InChI is InChI=1S/C14H14N2O2/c1-9-7-12(5-6-13(9)15)18-11-4-2-3-10(8-11)14(16)17/h2-8H,15H2,1H3,(H2,16,17). The maximum absolute atomic E-state index is 11.1. The molecular formula is C14H14N2O2. The minimum atomic E-state index is -0.478. The normalized spacial score (nSPS) is 10.1. The molecule has 18 heavy (non-hydrogen) atoms. The molecular weight excluding hydrogens is 228 g/mol. The number of rotatable bonds is 3. The summed E-state index contributed by atoms with van der Waals surface area (Å²) >= 11 is 0. The molecule has 2 aromatic rings. The lowest BCUT2D eigenvalue weighted by Crippen LogP contribution is -2.10. The summed E-state index contributed by atoms with van der Waals surface area (Å²) < 4.78 is 5.64. The van der Waals surface area contributed by atoms with Gasteiger partial charge >= 0.3 is 0 Å². The van der Waals surface area contributed by atoms with E-state index in [1.807, 2.05) is 13.0 Å². The van der Waals surface area contributed by atoms with Crippen LogP contribution in [0, 0.1) is 6.92 Å². The third-order valence-corrected chi connectivity index (χ3v) is 2.60. The molecule has 92 valence electrons. The van der Waals surface area contributed by atoms with Crippen molar-refractivity contribution in [3.63, 3.8) is 0 Å². The van der Waals surface area contributed by atoms with Gasteiger partial charge in [-0.1, -0.05) is 6.07 Å². The van der Waals surface area contributed by atoms with Crippen molar-refractivity contribution in [1.82, 2.24) is 0 Å². The Balaban J connectivity index is 2.25. The third-order valence-electron chi connectivity index (χ3n) is 2.60. The molecule has 4 nitrogen and oxygen atoms in total. The van der Waals surface area contributed by atoms with Crippen LogP contribution >= 0.6 is 0 Å². The first-order valence-corrected chi connectivity index (χ1v) is 5.50. The Hall–Kier alpha value is -2.49. The van der Waals surface area contributed by atoms with E-state index >= 15 is 0 Å². The number of ether oxygens (including phenoxy) is 1. The Kier molecular flexibility index (Phi) is 3.19. The lowest BCUT2D eigenvalue weighted by molar-refractivity contribution is 0.1000. The van der Waals surface area contributed by atoms with Crippen LogP contribution in [0.2, 0.25) is 0 Å². The van der Waals surface area contributed by atoms with Crippen LogP contribution in [0.1, 0.15) is 15.9 Å². The number of hydrogen-bond acceptors (Lipinski definition) is 3. The number of hydrogen-bond donors (Lipinski definition) is 2. The highest BCUT2D eigenvalue weighted by atomic mass is 16.5. The molecule has 4 heteroatoms. The number of nitrogen functional groups attached to an aromatic ring is 1. The van der Waals surface area contributed by atoms with Gasteiger partial charge in [0.1, 0.15) is 11.5 Å². The summed E-state index contributed by atoms with van der Waals surface area (Å²) in [5.74, 6) is 0.757. The van der Waals surface area contributed by atoms with E-state index in [4.69, 9.17) is 16.2 Å². The van der Waals surface area contributed by atoms with Gasteiger partial charge in [0.25, 0.3) is 0 Å². The van der Waals surface area contributed by atoms with Crippen LogP contribution in [0.25, 0.3) is 0 Å². The molecule has 0 aliphatic carbocycles. The van der Waals surface area contributed by atoms with E-state index in [1.54, 1.807) is 36.4 Å². The summed E-state index contributed by atoms with van der Waals surface area (Å²) in [6, 6.07) is 12.1. The number of nitrogens with two attached hydrogens (primary N) is 2. The van der Waals surface area contributed by atoms with Gasteiger partial charge in [-0.05, 0) is 48.9 Å². The van der Waals surface area contributed by atoms with Crippen LogP contribution in [0.4, 0.5) is 5.69 Å². The number of anilines is 1.